The molecule has 0 spiro atoms. The molecule has 1 fully saturated rings. The molecule has 3 aromatic carbocycles. The zero-order valence-corrected chi connectivity index (χ0v) is 19.1. The van der Waals surface area contributed by atoms with Crippen LogP contribution in [0.1, 0.15) is 34.9 Å². The number of alkyl halides is 3. The molecule has 0 N–H and O–H groups in total. The van der Waals surface area contributed by atoms with Crippen LogP contribution in [0.4, 0.5) is 13.2 Å². The second-order valence-corrected chi connectivity index (χ2v) is 8.62. The second-order valence-electron chi connectivity index (χ2n) is 8.62. The van der Waals surface area contributed by atoms with Crippen LogP contribution in [0, 0.1) is 0 Å². The van der Waals surface area contributed by atoms with Crippen LogP contribution in [0.15, 0.2) is 83.4 Å². The number of halogens is 3. The van der Waals surface area contributed by atoms with Crippen molar-refractivity contribution in [2.45, 2.75) is 31.7 Å². The Labute approximate surface area is 205 Å². The molecule has 1 aliphatic rings. The molecule has 4 aromatic rings. The van der Waals surface area contributed by atoms with Gasteiger partial charge in [-0.15, -0.1) is 0 Å². The van der Waals surface area contributed by atoms with Crippen molar-refractivity contribution in [3.63, 3.8) is 0 Å². The number of likely N-dealkylation sites (tertiary alicyclic amines) is 1. The number of nitrogens with zero attached hydrogens (tertiary/aromatic N) is 3. The quantitative estimate of drug-likeness (QED) is 0.323. The van der Waals surface area contributed by atoms with Crippen molar-refractivity contribution in [2.24, 2.45) is 0 Å². The molecule has 5 rings (SSSR count). The molecule has 36 heavy (non-hydrogen) atoms. The maximum Gasteiger partial charge on any atom is 0.416 e. The highest BCUT2D eigenvalue weighted by molar-refractivity contribution is 5.79. The monoisotopic (exact) mass is 493 g/mol. The number of benzene rings is 3. The van der Waals surface area contributed by atoms with Gasteiger partial charge in [-0.1, -0.05) is 47.6 Å². The predicted molar refractivity (Wildman–Crippen MR) is 125 cm³/mol. The van der Waals surface area contributed by atoms with E-state index in [-0.39, 0.29) is 24.8 Å². The van der Waals surface area contributed by atoms with Crippen LogP contribution in [0.5, 0.6) is 5.75 Å². The summed E-state index contributed by atoms with van der Waals surface area (Å²) in [5, 5.41) is 4.06. The Bertz CT molecular complexity index is 1320. The molecule has 2 heterocycles. The molecule has 1 saturated heterocycles. The SMILES string of the molecule is O=C1CC(c2nc(-c3ccc(OCc4ccccc4)cc3)no2)CN1Cc1ccc(C(F)(F)F)cc1. The van der Waals surface area contributed by atoms with E-state index in [4.69, 9.17) is 9.26 Å². The Hall–Kier alpha value is -4.14. The molecule has 1 atom stereocenters. The molecule has 0 bridgehead atoms. The summed E-state index contributed by atoms with van der Waals surface area (Å²) < 4.78 is 49.6. The van der Waals surface area contributed by atoms with E-state index in [0.717, 1.165) is 23.3 Å². The van der Waals surface area contributed by atoms with E-state index in [1.54, 1.807) is 4.90 Å². The fourth-order valence-electron chi connectivity index (χ4n) is 4.07. The number of carbonyl (C=O) groups excluding carboxylic acids is 1. The molecule has 0 saturated carbocycles. The number of hydrogen-bond donors (Lipinski definition) is 0. The summed E-state index contributed by atoms with van der Waals surface area (Å²) in [6, 6.07) is 22.0. The first-order chi connectivity index (χ1) is 17.3. The highest BCUT2D eigenvalue weighted by Gasteiger charge is 2.35. The van der Waals surface area contributed by atoms with Crippen molar-refractivity contribution in [3.05, 3.63) is 101 Å². The van der Waals surface area contributed by atoms with E-state index >= 15 is 0 Å². The van der Waals surface area contributed by atoms with E-state index < -0.39 is 11.7 Å². The highest BCUT2D eigenvalue weighted by Crippen LogP contribution is 2.32. The standard InChI is InChI=1S/C27H22F3N3O3/c28-27(29,30)22-10-6-18(7-11-22)15-33-16-21(14-24(33)34)26-31-25(32-36-26)20-8-12-23(13-9-20)35-17-19-4-2-1-3-5-19/h1-13,21H,14-17H2. The number of hydrogen-bond acceptors (Lipinski definition) is 5. The van der Waals surface area contributed by atoms with Crippen molar-refractivity contribution in [2.75, 3.05) is 6.54 Å². The maximum absolute atomic E-state index is 12.8. The van der Waals surface area contributed by atoms with Crippen LogP contribution in [-0.2, 0) is 24.1 Å². The molecule has 1 amide bonds. The summed E-state index contributed by atoms with van der Waals surface area (Å²) in [5.41, 5.74) is 1.73. The molecule has 184 valence electrons. The van der Waals surface area contributed by atoms with Gasteiger partial charge >= 0.3 is 6.18 Å². The Balaban J connectivity index is 1.19. The van der Waals surface area contributed by atoms with Crippen LogP contribution in [0.2, 0.25) is 0 Å². The summed E-state index contributed by atoms with van der Waals surface area (Å²) in [6.07, 6.45) is -4.19. The number of amides is 1. The minimum Gasteiger partial charge on any atom is -0.489 e. The van der Waals surface area contributed by atoms with Gasteiger partial charge in [0.25, 0.3) is 0 Å². The Morgan fingerprint density at radius 1 is 0.944 bits per heavy atom. The number of ether oxygens (including phenoxy) is 1. The summed E-state index contributed by atoms with van der Waals surface area (Å²) in [7, 11) is 0. The average Bonchev–Trinajstić information content (AvgIpc) is 3.51. The fraction of sp³-hybridized carbons (Fsp3) is 0.222. The van der Waals surface area contributed by atoms with E-state index in [9.17, 15) is 18.0 Å². The fourth-order valence-corrected chi connectivity index (χ4v) is 4.07. The van der Waals surface area contributed by atoms with Crippen LogP contribution in [0.3, 0.4) is 0 Å². The highest BCUT2D eigenvalue weighted by atomic mass is 19.4. The summed E-state index contributed by atoms with van der Waals surface area (Å²) in [4.78, 5) is 18.6. The molecular formula is C27H22F3N3O3. The minimum absolute atomic E-state index is 0.112. The van der Waals surface area contributed by atoms with Gasteiger partial charge in [-0.2, -0.15) is 18.2 Å². The van der Waals surface area contributed by atoms with Crippen molar-refractivity contribution < 1.29 is 27.2 Å². The lowest BCUT2D eigenvalue weighted by molar-refractivity contribution is -0.137. The molecule has 1 unspecified atom stereocenters. The smallest absolute Gasteiger partial charge is 0.416 e. The minimum atomic E-state index is -4.39. The summed E-state index contributed by atoms with van der Waals surface area (Å²) >= 11 is 0. The first-order valence-electron chi connectivity index (χ1n) is 11.4. The number of rotatable bonds is 7. The first-order valence-corrected chi connectivity index (χ1v) is 11.4. The van der Waals surface area contributed by atoms with Crippen molar-refractivity contribution >= 4 is 5.91 Å². The number of carbonyl (C=O) groups is 1. The van der Waals surface area contributed by atoms with Gasteiger partial charge in [0.2, 0.25) is 17.6 Å². The zero-order valence-electron chi connectivity index (χ0n) is 19.1. The first kappa shape index (κ1) is 23.6. The van der Waals surface area contributed by atoms with Gasteiger partial charge in [0.1, 0.15) is 12.4 Å². The van der Waals surface area contributed by atoms with Gasteiger partial charge in [0.05, 0.1) is 11.5 Å². The second kappa shape index (κ2) is 9.85. The third kappa shape index (κ3) is 5.40. The van der Waals surface area contributed by atoms with Gasteiger partial charge < -0.3 is 14.2 Å². The largest absolute Gasteiger partial charge is 0.489 e. The van der Waals surface area contributed by atoms with Crippen molar-refractivity contribution in [1.82, 2.24) is 15.0 Å². The molecule has 1 aromatic heterocycles. The lowest BCUT2D eigenvalue weighted by atomic mass is 10.1. The average molecular weight is 493 g/mol. The van der Waals surface area contributed by atoms with Gasteiger partial charge in [0, 0.05) is 25.1 Å². The summed E-state index contributed by atoms with van der Waals surface area (Å²) in [5.74, 6) is 1.10. The molecular weight excluding hydrogens is 471 g/mol. The maximum atomic E-state index is 12.8. The Morgan fingerprint density at radius 2 is 1.67 bits per heavy atom. The lowest BCUT2D eigenvalue weighted by Gasteiger charge is -2.16. The Kier molecular flexibility index (Phi) is 6.45. The zero-order chi connectivity index (χ0) is 25.1. The van der Waals surface area contributed by atoms with Gasteiger partial charge in [-0.25, -0.2) is 0 Å². The molecule has 9 heteroatoms. The van der Waals surface area contributed by atoms with E-state index in [2.05, 4.69) is 10.1 Å². The van der Waals surface area contributed by atoms with E-state index in [1.165, 1.54) is 12.1 Å². The van der Waals surface area contributed by atoms with Gasteiger partial charge in [-0.3, -0.25) is 4.79 Å². The van der Waals surface area contributed by atoms with Crippen LogP contribution < -0.4 is 4.74 Å². The van der Waals surface area contributed by atoms with E-state index in [0.29, 0.717) is 36.2 Å². The third-order valence-electron chi connectivity index (χ3n) is 6.02. The van der Waals surface area contributed by atoms with Gasteiger partial charge in [-0.05, 0) is 47.5 Å². The Morgan fingerprint density at radius 3 is 2.36 bits per heavy atom. The van der Waals surface area contributed by atoms with Gasteiger partial charge in [0.15, 0.2) is 0 Å². The lowest BCUT2D eigenvalue weighted by Crippen LogP contribution is -2.24. The normalized spacial score (nSPS) is 15.9. The van der Waals surface area contributed by atoms with Crippen molar-refractivity contribution in [1.29, 1.82) is 0 Å². The van der Waals surface area contributed by atoms with E-state index in [1.807, 2.05) is 54.6 Å². The van der Waals surface area contributed by atoms with Crippen LogP contribution in [0.25, 0.3) is 11.4 Å². The third-order valence-corrected chi connectivity index (χ3v) is 6.02. The number of aromatic nitrogens is 2. The topological polar surface area (TPSA) is 68.5 Å². The summed E-state index contributed by atoms with van der Waals surface area (Å²) in [6.45, 7) is 1.04. The molecule has 0 radical (unpaired) electrons. The van der Waals surface area contributed by atoms with Crippen molar-refractivity contribution in [3.8, 4) is 17.1 Å². The molecule has 6 nitrogen and oxygen atoms in total. The molecule has 1 aliphatic heterocycles. The predicted octanol–water partition coefficient (Wildman–Crippen LogP) is 5.85. The van der Waals surface area contributed by atoms with Crippen LogP contribution in [-0.4, -0.2) is 27.5 Å². The van der Waals surface area contributed by atoms with Crippen LogP contribution >= 0.6 is 0 Å². The molecule has 0 aliphatic carbocycles.